The van der Waals surface area contributed by atoms with E-state index in [1.807, 2.05) is 0 Å². The van der Waals surface area contributed by atoms with E-state index < -0.39 is 17.7 Å². The first kappa shape index (κ1) is 20.3. The summed E-state index contributed by atoms with van der Waals surface area (Å²) >= 11 is 0. The Kier molecular flexibility index (Phi) is 7.58. The molecule has 0 saturated carbocycles. The van der Waals surface area contributed by atoms with Crippen molar-refractivity contribution in [1.82, 2.24) is 10.2 Å². The molecule has 1 heterocycles. The van der Waals surface area contributed by atoms with Gasteiger partial charge >= 0.3 is 6.09 Å². The van der Waals surface area contributed by atoms with Crippen molar-refractivity contribution in [3.63, 3.8) is 0 Å². The topological polar surface area (TPSA) is 84.7 Å². The highest BCUT2D eigenvalue weighted by Crippen LogP contribution is 2.23. The third-order valence-electron chi connectivity index (χ3n) is 4.28. The van der Waals surface area contributed by atoms with Crippen LogP contribution in [0.5, 0.6) is 0 Å². The predicted molar refractivity (Wildman–Crippen MR) is 95.3 cm³/mol. The van der Waals surface area contributed by atoms with Gasteiger partial charge in [-0.05, 0) is 64.9 Å². The largest absolute Gasteiger partial charge is 0.444 e. The quantitative estimate of drug-likeness (QED) is 0.727. The van der Waals surface area contributed by atoms with Crippen LogP contribution < -0.4 is 11.1 Å². The normalized spacial score (nSPS) is 20.9. The minimum absolute atomic E-state index is 0.326. The Bertz CT molecular complexity index is 469. The monoisotopic (exact) mass is 339 g/mol. The number of nitrogens with one attached hydrogen (secondary N) is 1. The Morgan fingerprint density at radius 1 is 1.46 bits per heavy atom. The number of ether oxygens (including phenoxy) is 1. The zero-order valence-corrected chi connectivity index (χ0v) is 15.7. The van der Waals surface area contributed by atoms with Crippen LogP contribution >= 0.6 is 0 Å². The fraction of sp³-hybridized carbons (Fsp3) is 0.778. The molecule has 6 nitrogen and oxygen atoms in total. The number of nitrogens with two attached hydrogens (primary N) is 1. The van der Waals surface area contributed by atoms with Crippen molar-refractivity contribution in [1.29, 1.82) is 0 Å². The van der Waals surface area contributed by atoms with Gasteiger partial charge in [0.25, 0.3) is 0 Å². The standard InChI is InChI=1S/C18H33N3O3/c1-6-13(2)16(19)21-9-7-8-14(11-21)10-15(12-22)20-17(23)24-18(3,4)5/h12,14-15H,6-11,19H2,1-5H3,(H,20,23)/b16-13+/t14?,15-/m0/s1. The second-order valence-electron chi connectivity index (χ2n) is 7.60. The number of piperidine rings is 1. The number of carbonyl (C=O) groups excluding carboxylic acids is 2. The summed E-state index contributed by atoms with van der Waals surface area (Å²) in [5, 5.41) is 2.66. The molecule has 0 aromatic carbocycles. The number of likely N-dealkylation sites (tertiary alicyclic amines) is 1. The Morgan fingerprint density at radius 3 is 2.67 bits per heavy atom. The van der Waals surface area contributed by atoms with Crippen LogP contribution in [-0.2, 0) is 9.53 Å². The number of aldehydes is 1. The molecule has 1 rings (SSSR count). The minimum atomic E-state index is -0.573. The van der Waals surface area contributed by atoms with Gasteiger partial charge in [0.15, 0.2) is 0 Å². The molecule has 1 aliphatic rings. The lowest BCUT2D eigenvalue weighted by Crippen LogP contribution is -2.44. The van der Waals surface area contributed by atoms with E-state index in [2.05, 4.69) is 24.1 Å². The molecule has 0 aromatic heterocycles. The van der Waals surface area contributed by atoms with Crippen molar-refractivity contribution in [2.75, 3.05) is 13.1 Å². The highest BCUT2D eigenvalue weighted by atomic mass is 16.6. The second kappa shape index (κ2) is 8.94. The maximum Gasteiger partial charge on any atom is 0.408 e. The Balaban J connectivity index is 2.59. The molecule has 1 fully saturated rings. The summed E-state index contributed by atoms with van der Waals surface area (Å²) in [6.07, 6.45) is 3.87. The Hall–Kier alpha value is -1.72. The summed E-state index contributed by atoms with van der Waals surface area (Å²) < 4.78 is 5.22. The van der Waals surface area contributed by atoms with Gasteiger partial charge < -0.3 is 25.5 Å². The number of amides is 1. The average Bonchev–Trinajstić information content (AvgIpc) is 2.51. The highest BCUT2D eigenvalue weighted by Gasteiger charge is 2.26. The van der Waals surface area contributed by atoms with E-state index >= 15 is 0 Å². The number of carbonyl (C=O) groups is 2. The lowest BCUT2D eigenvalue weighted by Gasteiger charge is -2.36. The number of rotatable bonds is 6. The smallest absolute Gasteiger partial charge is 0.408 e. The minimum Gasteiger partial charge on any atom is -0.444 e. The molecular formula is C18H33N3O3. The van der Waals surface area contributed by atoms with E-state index in [9.17, 15) is 9.59 Å². The van der Waals surface area contributed by atoms with E-state index in [0.29, 0.717) is 12.3 Å². The lowest BCUT2D eigenvalue weighted by atomic mass is 9.91. The van der Waals surface area contributed by atoms with Crippen LogP contribution in [-0.4, -0.2) is 42.0 Å². The fourth-order valence-corrected chi connectivity index (χ4v) is 2.89. The number of alkyl carbamates (subject to hydrolysis) is 1. The van der Waals surface area contributed by atoms with Gasteiger partial charge in [-0.1, -0.05) is 6.92 Å². The Labute approximate surface area is 145 Å². The summed E-state index contributed by atoms with van der Waals surface area (Å²) in [5.74, 6) is 1.18. The van der Waals surface area contributed by atoms with E-state index in [1.54, 1.807) is 20.8 Å². The molecule has 1 saturated heterocycles. The first-order valence-corrected chi connectivity index (χ1v) is 8.81. The average molecular weight is 339 g/mol. The van der Waals surface area contributed by atoms with Crippen LogP contribution in [0.25, 0.3) is 0 Å². The predicted octanol–water partition coefficient (Wildman–Crippen LogP) is 2.78. The Morgan fingerprint density at radius 2 is 2.12 bits per heavy atom. The summed E-state index contributed by atoms with van der Waals surface area (Å²) in [6.45, 7) is 11.3. The van der Waals surface area contributed by atoms with Crippen LogP contribution in [0.15, 0.2) is 11.4 Å². The number of hydrogen-bond acceptors (Lipinski definition) is 5. The van der Waals surface area contributed by atoms with E-state index in [0.717, 1.165) is 44.5 Å². The van der Waals surface area contributed by atoms with Gasteiger partial charge in [-0.15, -0.1) is 0 Å². The summed E-state index contributed by atoms with van der Waals surface area (Å²) in [4.78, 5) is 25.4. The zero-order chi connectivity index (χ0) is 18.3. The van der Waals surface area contributed by atoms with Crippen molar-refractivity contribution in [3.05, 3.63) is 11.4 Å². The first-order chi connectivity index (χ1) is 11.2. The maximum absolute atomic E-state index is 11.8. The molecule has 0 radical (unpaired) electrons. The van der Waals surface area contributed by atoms with E-state index in [1.165, 1.54) is 5.57 Å². The molecule has 3 N–H and O–H groups in total. The van der Waals surface area contributed by atoms with Crippen LogP contribution in [0.2, 0.25) is 0 Å². The van der Waals surface area contributed by atoms with Crippen LogP contribution in [0.3, 0.4) is 0 Å². The molecule has 2 atom stereocenters. The van der Waals surface area contributed by atoms with Gasteiger partial charge in [0, 0.05) is 13.1 Å². The van der Waals surface area contributed by atoms with Crippen molar-refractivity contribution in [2.24, 2.45) is 11.7 Å². The number of nitrogens with zero attached hydrogens (tertiary/aromatic N) is 1. The third-order valence-corrected chi connectivity index (χ3v) is 4.28. The van der Waals surface area contributed by atoms with Gasteiger partial charge in [0.05, 0.1) is 11.9 Å². The molecule has 138 valence electrons. The SMILES string of the molecule is CC/C(C)=C(\N)N1CCCC(C[C@@H](C=O)NC(=O)OC(C)(C)C)C1. The third kappa shape index (κ3) is 6.81. The summed E-state index contributed by atoms with van der Waals surface area (Å²) in [6, 6.07) is -0.526. The van der Waals surface area contributed by atoms with Gasteiger partial charge in [0.1, 0.15) is 11.9 Å². The highest BCUT2D eigenvalue weighted by molar-refractivity contribution is 5.73. The van der Waals surface area contributed by atoms with E-state index in [4.69, 9.17) is 10.5 Å². The van der Waals surface area contributed by atoms with Crippen molar-refractivity contribution >= 4 is 12.4 Å². The molecule has 0 aromatic rings. The number of allylic oxidation sites excluding steroid dienone is 1. The van der Waals surface area contributed by atoms with Crippen molar-refractivity contribution < 1.29 is 14.3 Å². The molecule has 1 amide bonds. The van der Waals surface area contributed by atoms with Gasteiger partial charge in [-0.3, -0.25) is 0 Å². The van der Waals surface area contributed by atoms with Crippen LogP contribution in [0, 0.1) is 5.92 Å². The van der Waals surface area contributed by atoms with Crippen molar-refractivity contribution in [2.45, 2.75) is 71.9 Å². The van der Waals surface area contributed by atoms with Gasteiger partial charge in [-0.25, -0.2) is 4.79 Å². The molecule has 0 bridgehead atoms. The number of hydrogen-bond donors (Lipinski definition) is 2. The summed E-state index contributed by atoms with van der Waals surface area (Å²) in [5.41, 5.74) is 6.84. The molecule has 1 unspecified atom stereocenters. The molecular weight excluding hydrogens is 306 g/mol. The zero-order valence-electron chi connectivity index (χ0n) is 15.7. The molecule has 0 aliphatic carbocycles. The molecule has 24 heavy (non-hydrogen) atoms. The van der Waals surface area contributed by atoms with Gasteiger partial charge in [0.2, 0.25) is 0 Å². The first-order valence-electron chi connectivity index (χ1n) is 8.81. The maximum atomic E-state index is 11.8. The fourth-order valence-electron chi connectivity index (χ4n) is 2.89. The van der Waals surface area contributed by atoms with Crippen LogP contribution in [0.4, 0.5) is 4.79 Å². The molecule has 0 spiro atoms. The molecule has 6 heteroatoms. The van der Waals surface area contributed by atoms with Gasteiger partial charge in [-0.2, -0.15) is 0 Å². The van der Waals surface area contributed by atoms with E-state index in [-0.39, 0.29) is 0 Å². The summed E-state index contributed by atoms with van der Waals surface area (Å²) in [7, 11) is 0. The second-order valence-corrected chi connectivity index (χ2v) is 7.60. The molecule has 1 aliphatic heterocycles. The van der Waals surface area contributed by atoms with Crippen LogP contribution in [0.1, 0.15) is 60.3 Å². The van der Waals surface area contributed by atoms with Crippen molar-refractivity contribution in [3.8, 4) is 0 Å². The lowest BCUT2D eigenvalue weighted by molar-refractivity contribution is -0.110.